The highest BCUT2D eigenvalue weighted by atomic mass is 16.6. The number of aryl methyl sites for hydroxylation is 1. The lowest BCUT2D eigenvalue weighted by Crippen LogP contribution is -2.43. The van der Waals surface area contributed by atoms with Crippen molar-refractivity contribution in [2.45, 2.75) is 25.9 Å². The van der Waals surface area contributed by atoms with Gasteiger partial charge in [0.15, 0.2) is 17.6 Å². The third-order valence-corrected chi connectivity index (χ3v) is 4.96. The van der Waals surface area contributed by atoms with Crippen molar-refractivity contribution in [3.63, 3.8) is 0 Å². The topological polar surface area (TPSA) is 84.5 Å². The first kappa shape index (κ1) is 19.0. The number of hydrogen-bond acceptors (Lipinski definition) is 5. The number of carbonyl (C=O) groups excluding carboxylic acids is 1. The fourth-order valence-corrected chi connectivity index (χ4v) is 3.44. The molecular weight excluding hydrogens is 370 g/mol. The third-order valence-electron chi connectivity index (χ3n) is 4.96. The van der Waals surface area contributed by atoms with Crippen molar-refractivity contribution < 1.29 is 14.3 Å². The first-order valence-electron chi connectivity index (χ1n) is 9.78. The van der Waals surface area contributed by atoms with E-state index in [-0.39, 0.29) is 24.0 Å². The molecule has 0 radical (unpaired) electrons. The molecule has 29 heavy (non-hydrogen) atoms. The number of likely N-dealkylation sites (N-methyl/N-ethyl adjacent to an activating group) is 1. The van der Waals surface area contributed by atoms with Crippen LogP contribution in [0, 0.1) is 0 Å². The number of aromatic amines is 1. The lowest BCUT2D eigenvalue weighted by molar-refractivity contribution is -0.132. The van der Waals surface area contributed by atoms with Crippen molar-refractivity contribution in [3.8, 4) is 11.5 Å². The number of carbonyl (C=O) groups is 1. The number of fused-ring (bicyclic) bond motifs is 2. The molecule has 1 aliphatic heterocycles. The molecule has 2 aromatic carbocycles. The molecule has 0 saturated carbocycles. The summed E-state index contributed by atoms with van der Waals surface area (Å²) in [6.07, 6.45) is 0.423. The zero-order valence-electron chi connectivity index (χ0n) is 16.3. The second-order valence-corrected chi connectivity index (χ2v) is 6.96. The maximum atomic E-state index is 12.7. The Morgan fingerprint density at radius 3 is 2.76 bits per heavy atom. The van der Waals surface area contributed by atoms with Gasteiger partial charge in [0, 0.05) is 19.4 Å². The summed E-state index contributed by atoms with van der Waals surface area (Å²) in [5.41, 5.74) is 0.453. The van der Waals surface area contributed by atoms with Gasteiger partial charge < -0.3 is 19.4 Å². The van der Waals surface area contributed by atoms with Gasteiger partial charge in [-0.2, -0.15) is 0 Å². The van der Waals surface area contributed by atoms with E-state index in [1.807, 2.05) is 37.3 Å². The zero-order valence-corrected chi connectivity index (χ0v) is 16.3. The lowest BCUT2D eigenvalue weighted by Gasteiger charge is -2.31. The van der Waals surface area contributed by atoms with E-state index in [1.54, 1.807) is 23.1 Å². The summed E-state index contributed by atoms with van der Waals surface area (Å²) < 4.78 is 11.7. The number of nitrogens with one attached hydrogen (secondary N) is 1. The van der Waals surface area contributed by atoms with Gasteiger partial charge in [-0.25, -0.2) is 4.98 Å². The van der Waals surface area contributed by atoms with Crippen LogP contribution < -0.4 is 15.0 Å². The van der Waals surface area contributed by atoms with Crippen molar-refractivity contribution in [2.24, 2.45) is 0 Å². The van der Waals surface area contributed by atoms with Gasteiger partial charge in [0.2, 0.25) is 5.91 Å². The van der Waals surface area contributed by atoms with Crippen molar-refractivity contribution in [1.29, 1.82) is 0 Å². The molecule has 2 heterocycles. The molecule has 0 unspecified atom stereocenters. The van der Waals surface area contributed by atoms with Crippen LogP contribution in [0.1, 0.15) is 19.2 Å². The van der Waals surface area contributed by atoms with Gasteiger partial charge in [0.1, 0.15) is 12.4 Å². The van der Waals surface area contributed by atoms with Gasteiger partial charge in [-0.15, -0.1) is 0 Å². The summed E-state index contributed by atoms with van der Waals surface area (Å²) in [6.45, 7) is 3.36. The van der Waals surface area contributed by atoms with Crippen molar-refractivity contribution >= 4 is 16.8 Å². The van der Waals surface area contributed by atoms with E-state index in [1.165, 1.54) is 0 Å². The molecule has 0 bridgehead atoms. The standard InChI is InChI=1S/C22H23N3O4/c1-2-25(13-15-14-28-18-9-5-6-10-19(18)29-15)21(26)12-11-20-23-17-8-4-3-7-16(17)22(27)24-20/h3-10,15H,2,11-14H2,1H3,(H,23,24,27)/t15-/m0/s1. The van der Waals surface area contributed by atoms with Gasteiger partial charge in [0.25, 0.3) is 5.56 Å². The molecule has 0 fully saturated rings. The number of rotatable bonds is 6. The fourth-order valence-electron chi connectivity index (χ4n) is 3.44. The molecule has 150 valence electrons. The average Bonchev–Trinajstić information content (AvgIpc) is 2.75. The Balaban J connectivity index is 1.38. The summed E-state index contributed by atoms with van der Waals surface area (Å²) in [5, 5.41) is 0.549. The minimum atomic E-state index is -0.215. The molecule has 7 nitrogen and oxygen atoms in total. The summed E-state index contributed by atoms with van der Waals surface area (Å²) >= 11 is 0. The van der Waals surface area contributed by atoms with Crippen molar-refractivity contribution in [3.05, 3.63) is 64.7 Å². The molecule has 1 aliphatic rings. The first-order chi connectivity index (χ1) is 14.1. The van der Waals surface area contributed by atoms with Crippen LogP contribution in [0.4, 0.5) is 0 Å². The first-order valence-corrected chi connectivity index (χ1v) is 9.78. The van der Waals surface area contributed by atoms with E-state index in [0.29, 0.717) is 48.6 Å². The number of aromatic nitrogens is 2. The quantitative estimate of drug-likeness (QED) is 0.696. The molecule has 1 N–H and O–H groups in total. The predicted octanol–water partition coefficient (Wildman–Crippen LogP) is 2.54. The monoisotopic (exact) mass is 393 g/mol. The van der Waals surface area contributed by atoms with E-state index < -0.39 is 0 Å². The summed E-state index contributed by atoms with van der Waals surface area (Å²) in [7, 11) is 0. The van der Waals surface area contributed by atoms with Crippen LogP contribution in [-0.4, -0.2) is 46.6 Å². The molecule has 0 aliphatic carbocycles. The van der Waals surface area contributed by atoms with Gasteiger partial charge in [-0.05, 0) is 31.2 Å². The van der Waals surface area contributed by atoms with Crippen LogP contribution in [0.25, 0.3) is 10.9 Å². The Morgan fingerprint density at radius 2 is 1.93 bits per heavy atom. The number of ether oxygens (including phenoxy) is 2. The molecule has 7 heteroatoms. The van der Waals surface area contributed by atoms with Crippen LogP contribution >= 0.6 is 0 Å². The predicted molar refractivity (Wildman–Crippen MR) is 109 cm³/mol. The third kappa shape index (κ3) is 4.23. The second kappa shape index (κ2) is 8.34. The average molecular weight is 393 g/mol. The fraction of sp³-hybridized carbons (Fsp3) is 0.318. The van der Waals surface area contributed by atoms with E-state index >= 15 is 0 Å². The molecule has 0 spiro atoms. The SMILES string of the molecule is CCN(C[C@H]1COc2ccccc2O1)C(=O)CCc1nc2ccccc2c(=O)[nH]1. The smallest absolute Gasteiger partial charge is 0.258 e. The minimum absolute atomic E-state index is 0.00855. The van der Waals surface area contributed by atoms with Gasteiger partial charge in [-0.3, -0.25) is 9.59 Å². The van der Waals surface area contributed by atoms with E-state index in [2.05, 4.69) is 9.97 Å². The number of para-hydroxylation sites is 3. The van der Waals surface area contributed by atoms with Gasteiger partial charge >= 0.3 is 0 Å². The van der Waals surface area contributed by atoms with Crippen LogP contribution in [0.3, 0.4) is 0 Å². The highest BCUT2D eigenvalue weighted by Gasteiger charge is 2.24. The highest BCUT2D eigenvalue weighted by molar-refractivity contribution is 5.78. The second-order valence-electron chi connectivity index (χ2n) is 6.96. The number of H-pyrrole nitrogens is 1. The van der Waals surface area contributed by atoms with Crippen LogP contribution in [0.15, 0.2) is 53.3 Å². The van der Waals surface area contributed by atoms with E-state index in [4.69, 9.17) is 9.47 Å². The summed E-state index contributed by atoms with van der Waals surface area (Å²) in [5.74, 6) is 1.93. The Kier molecular flexibility index (Phi) is 5.46. The normalized spacial score (nSPS) is 15.3. The maximum Gasteiger partial charge on any atom is 0.258 e. The molecular formula is C22H23N3O4. The Labute approximate surface area is 168 Å². The van der Waals surface area contributed by atoms with Crippen LogP contribution in [0.5, 0.6) is 11.5 Å². The van der Waals surface area contributed by atoms with Crippen LogP contribution in [-0.2, 0) is 11.2 Å². The molecule has 1 aromatic heterocycles. The molecule has 3 aromatic rings. The zero-order chi connectivity index (χ0) is 20.2. The van der Waals surface area contributed by atoms with Gasteiger partial charge in [-0.1, -0.05) is 24.3 Å². The Morgan fingerprint density at radius 1 is 1.17 bits per heavy atom. The largest absolute Gasteiger partial charge is 0.486 e. The van der Waals surface area contributed by atoms with Crippen LogP contribution in [0.2, 0.25) is 0 Å². The number of benzene rings is 2. The van der Waals surface area contributed by atoms with Gasteiger partial charge in [0.05, 0.1) is 17.4 Å². The molecule has 0 saturated heterocycles. The Bertz CT molecular complexity index is 1080. The molecule has 1 amide bonds. The summed E-state index contributed by atoms with van der Waals surface area (Å²) in [4.78, 5) is 33.9. The Hall–Kier alpha value is -3.35. The lowest BCUT2D eigenvalue weighted by atomic mass is 10.2. The van der Waals surface area contributed by atoms with E-state index in [0.717, 1.165) is 5.75 Å². The van der Waals surface area contributed by atoms with Crippen molar-refractivity contribution in [1.82, 2.24) is 14.9 Å². The molecule has 1 atom stereocenters. The maximum absolute atomic E-state index is 12.7. The summed E-state index contributed by atoms with van der Waals surface area (Å²) in [6, 6.07) is 14.7. The highest BCUT2D eigenvalue weighted by Crippen LogP contribution is 2.31. The van der Waals surface area contributed by atoms with Crippen molar-refractivity contribution in [2.75, 3.05) is 19.7 Å². The number of nitrogens with zero attached hydrogens (tertiary/aromatic N) is 2. The number of amides is 1. The number of hydrogen-bond donors (Lipinski definition) is 1. The van der Waals surface area contributed by atoms with E-state index in [9.17, 15) is 9.59 Å². The minimum Gasteiger partial charge on any atom is -0.486 e. The molecule has 4 rings (SSSR count).